The molecule has 1 aromatic carbocycles. The predicted octanol–water partition coefficient (Wildman–Crippen LogP) is 1.64. The zero-order chi connectivity index (χ0) is 10.3. The van der Waals surface area contributed by atoms with E-state index >= 15 is 0 Å². The summed E-state index contributed by atoms with van der Waals surface area (Å²) >= 11 is 0. The predicted molar refractivity (Wildman–Crippen MR) is 53.2 cm³/mol. The molecule has 0 bridgehead atoms. The quantitative estimate of drug-likeness (QED) is 0.747. The Morgan fingerprint density at radius 3 is 2.64 bits per heavy atom. The number of hydrogen-bond donors (Lipinski definition) is 2. The Morgan fingerprint density at radius 1 is 1.50 bits per heavy atom. The van der Waals surface area contributed by atoms with Crippen LogP contribution in [-0.2, 0) is 5.54 Å². The second kappa shape index (κ2) is 2.82. The number of carbonyl (C=O) groups is 1. The van der Waals surface area contributed by atoms with E-state index in [1.165, 1.54) is 0 Å². The molecule has 1 aliphatic carbocycles. The number of carboxylic acids is 1. The molecule has 3 nitrogen and oxygen atoms in total. The Morgan fingerprint density at radius 2 is 2.14 bits per heavy atom. The average molecular weight is 191 g/mol. The topological polar surface area (TPSA) is 63.3 Å². The van der Waals surface area contributed by atoms with Gasteiger partial charge in [-0.1, -0.05) is 17.7 Å². The van der Waals surface area contributed by atoms with Gasteiger partial charge in [0.15, 0.2) is 0 Å². The summed E-state index contributed by atoms with van der Waals surface area (Å²) in [5.41, 5.74) is 7.70. The minimum atomic E-state index is -0.888. The van der Waals surface area contributed by atoms with E-state index in [1.54, 1.807) is 6.07 Å². The van der Waals surface area contributed by atoms with Gasteiger partial charge < -0.3 is 10.8 Å². The smallest absolute Gasteiger partial charge is 0.336 e. The van der Waals surface area contributed by atoms with Crippen LogP contribution in [0.15, 0.2) is 18.2 Å². The van der Waals surface area contributed by atoms with Crippen LogP contribution in [0.25, 0.3) is 0 Å². The Kier molecular flexibility index (Phi) is 1.86. The Hall–Kier alpha value is -1.35. The molecular formula is C11H13NO2. The minimum absolute atomic E-state index is 0.352. The fourth-order valence-corrected chi connectivity index (χ4v) is 1.67. The third kappa shape index (κ3) is 1.40. The molecule has 0 atom stereocenters. The maximum atomic E-state index is 11.0. The van der Waals surface area contributed by atoms with Crippen molar-refractivity contribution in [3.63, 3.8) is 0 Å². The molecule has 1 fully saturated rings. The number of benzene rings is 1. The van der Waals surface area contributed by atoms with E-state index in [4.69, 9.17) is 10.8 Å². The first-order valence-corrected chi connectivity index (χ1v) is 4.66. The van der Waals surface area contributed by atoms with Crippen LogP contribution in [0.2, 0.25) is 0 Å². The van der Waals surface area contributed by atoms with Gasteiger partial charge in [-0.3, -0.25) is 0 Å². The first kappa shape index (κ1) is 9.21. The molecule has 14 heavy (non-hydrogen) atoms. The number of aromatic carboxylic acids is 1. The van der Waals surface area contributed by atoms with Crippen LogP contribution in [0.5, 0.6) is 0 Å². The van der Waals surface area contributed by atoms with Crippen molar-refractivity contribution in [2.75, 3.05) is 0 Å². The van der Waals surface area contributed by atoms with Gasteiger partial charge in [-0.2, -0.15) is 0 Å². The summed E-state index contributed by atoms with van der Waals surface area (Å²) in [6.45, 7) is 1.88. The number of aryl methyl sites for hydroxylation is 1. The van der Waals surface area contributed by atoms with Gasteiger partial charge in [0.05, 0.1) is 5.56 Å². The fourth-order valence-electron chi connectivity index (χ4n) is 1.67. The second-order valence-corrected chi connectivity index (χ2v) is 4.01. The molecule has 0 saturated heterocycles. The van der Waals surface area contributed by atoms with E-state index < -0.39 is 5.97 Å². The van der Waals surface area contributed by atoms with Crippen LogP contribution in [0.4, 0.5) is 0 Å². The molecule has 0 radical (unpaired) electrons. The van der Waals surface area contributed by atoms with E-state index in [2.05, 4.69) is 0 Å². The normalized spacial score (nSPS) is 17.9. The lowest BCUT2D eigenvalue weighted by Gasteiger charge is -2.12. The van der Waals surface area contributed by atoms with Crippen molar-refractivity contribution in [2.45, 2.75) is 25.3 Å². The zero-order valence-corrected chi connectivity index (χ0v) is 8.08. The number of nitrogens with two attached hydrogens (primary N) is 1. The highest BCUT2D eigenvalue weighted by molar-refractivity contribution is 5.90. The van der Waals surface area contributed by atoms with Crippen molar-refractivity contribution >= 4 is 5.97 Å². The first-order valence-electron chi connectivity index (χ1n) is 4.66. The van der Waals surface area contributed by atoms with Crippen LogP contribution in [0, 0.1) is 6.92 Å². The summed E-state index contributed by atoms with van der Waals surface area (Å²) in [7, 11) is 0. The van der Waals surface area contributed by atoms with Crippen molar-refractivity contribution in [1.82, 2.24) is 0 Å². The van der Waals surface area contributed by atoms with Gasteiger partial charge in [0, 0.05) is 5.54 Å². The molecule has 0 amide bonds. The first-order chi connectivity index (χ1) is 6.53. The molecule has 1 saturated carbocycles. The summed E-state index contributed by atoms with van der Waals surface area (Å²) < 4.78 is 0. The fraction of sp³-hybridized carbons (Fsp3) is 0.364. The van der Waals surface area contributed by atoms with Crippen LogP contribution < -0.4 is 5.73 Å². The molecule has 74 valence electrons. The maximum absolute atomic E-state index is 11.0. The largest absolute Gasteiger partial charge is 0.478 e. The van der Waals surface area contributed by atoms with Gasteiger partial charge in [0.25, 0.3) is 0 Å². The number of carboxylic acid groups (broad SMARTS) is 1. The van der Waals surface area contributed by atoms with Gasteiger partial charge in [0.2, 0.25) is 0 Å². The SMILES string of the molecule is Cc1ccc(C2(N)CC2)c(C(=O)O)c1. The molecule has 0 aliphatic heterocycles. The second-order valence-electron chi connectivity index (χ2n) is 4.01. The summed E-state index contributed by atoms with van der Waals surface area (Å²) in [5.74, 6) is -0.888. The summed E-state index contributed by atoms with van der Waals surface area (Å²) in [6, 6.07) is 5.44. The van der Waals surface area contributed by atoms with Gasteiger partial charge in [0.1, 0.15) is 0 Å². The molecule has 3 N–H and O–H groups in total. The van der Waals surface area contributed by atoms with Crippen molar-refractivity contribution in [3.05, 3.63) is 34.9 Å². The van der Waals surface area contributed by atoms with E-state index in [0.29, 0.717) is 5.56 Å². The highest BCUT2D eigenvalue weighted by Gasteiger charge is 2.42. The molecule has 2 rings (SSSR count). The van der Waals surface area contributed by atoms with Gasteiger partial charge in [-0.25, -0.2) is 4.79 Å². The van der Waals surface area contributed by atoms with Crippen molar-refractivity contribution in [1.29, 1.82) is 0 Å². The third-order valence-electron chi connectivity index (χ3n) is 2.73. The summed E-state index contributed by atoms with van der Waals surface area (Å²) in [5, 5.41) is 9.03. The summed E-state index contributed by atoms with van der Waals surface area (Å²) in [4.78, 5) is 11.0. The Labute approximate surface area is 82.5 Å². The minimum Gasteiger partial charge on any atom is -0.478 e. The molecular weight excluding hydrogens is 178 g/mol. The average Bonchev–Trinajstić information content (AvgIpc) is 2.84. The molecule has 0 unspecified atom stereocenters. The third-order valence-corrected chi connectivity index (χ3v) is 2.73. The standard InChI is InChI=1S/C11H13NO2/c1-7-2-3-9(11(12)4-5-11)8(6-7)10(13)14/h2-3,6H,4-5,12H2,1H3,(H,13,14). The molecule has 0 heterocycles. The molecule has 0 spiro atoms. The van der Waals surface area contributed by atoms with Gasteiger partial charge in [-0.15, -0.1) is 0 Å². The highest BCUT2D eigenvalue weighted by Crippen LogP contribution is 2.44. The zero-order valence-electron chi connectivity index (χ0n) is 8.08. The van der Waals surface area contributed by atoms with Crippen LogP contribution in [0.3, 0.4) is 0 Å². The molecule has 1 aliphatic rings. The monoisotopic (exact) mass is 191 g/mol. The lowest BCUT2D eigenvalue weighted by Crippen LogP contribution is -2.22. The van der Waals surface area contributed by atoms with E-state index in [-0.39, 0.29) is 5.54 Å². The van der Waals surface area contributed by atoms with Crippen molar-refractivity contribution < 1.29 is 9.90 Å². The molecule has 3 heteroatoms. The van der Waals surface area contributed by atoms with E-state index in [0.717, 1.165) is 24.0 Å². The highest BCUT2D eigenvalue weighted by atomic mass is 16.4. The lowest BCUT2D eigenvalue weighted by atomic mass is 9.97. The van der Waals surface area contributed by atoms with Crippen molar-refractivity contribution in [3.8, 4) is 0 Å². The number of rotatable bonds is 2. The molecule has 0 aromatic heterocycles. The van der Waals surface area contributed by atoms with Gasteiger partial charge in [-0.05, 0) is 31.4 Å². The van der Waals surface area contributed by atoms with Crippen molar-refractivity contribution in [2.24, 2.45) is 5.73 Å². The van der Waals surface area contributed by atoms with Crippen LogP contribution in [0.1, 0.15) is 34.3 Å². The van der Waals surface area contributed by atoms with E-state index in [1.807, 2.05) is 19.1 Å². The van der Waals surface area contributed by atoms with Crippen LogP contribution in [-0.4, -0.2) is 11.1 Å². The Bertz CT molecular complexity index is 394. The number of hydrogen-bond acceptors (Lipinski definition) is 2. The Balaban J connectivity index is 2.54. The van der Waals surface area contributed by atoms with Crippen LogP contribution >= 0.6 is 0 Å². The van der Waals surface area contributed by atoms with E-state index in [9.17, 15) is 4.79 Å². The lowest BCUT2D eigenvalue weighted by molar-refractivity contribution is 0.0694. The molecule has 1 aromatic rings. The summed E-state index contributed by atoms with van der Waals surface area (Å²) in [6.07, 6.45) is 1.77. The van der Waals surface area contributed by atoms with Gasteiger partial charge >= 0.3 is 5.97 Å². The maximum Gasteiger partial charge on any atom is 0.336 e.